The number of sulfonamides is 1. The number of hydrogen-bond donors (Lipinski definition) is 2. The molecule has 0 aliphatic rings. The summed E-state index contributed by atoms with van der Waals surface area (Å²) < 4.78 is 59.8. The van der Waals surface area contributed by atoms with Gasteiger partial charge in [-0.15, -0.1) is 0 Å². The summed E-state index contributed by atoms with van der Waals surface area (Å²) in [6.45, 7) is 1.42. The molecule has 5 rings (SSSR count). The Labute approximate surface area is 231 Å². The Balaban J connectivity index is 1.52. The van der Waals surface area contributed by atoms with E-state index in [1.807, 2.05) is 0 Å². The van der Waals surface area contributed by atoms with Gasteiger partial charge in [0.1, 0.15) is 34.8 Å². The maximum Gasteiger partial charge on any atom is 0.263 e. The summed E-state index contributed by atoms with van der Waals surface area (Å²) in [4.78, 5) is 3.69. The van der Waals surface area contributed by atoms with E-state index in [1.54, 1.807) is 19.1 Å². The summed E-state index contributed by atoms with van der Waals surface area (Å²) in [5.74, 6) is -1.72. The first-order valence-electron chi connectivity index (χ1n) is 11.4. The first-order valence-corrected chi connectivity index (χ1v) is 13.7. The fourth-order valence-electron chi connectivity index (χ4n) is 4.37. The SMILES string of the molecule is C[C@@H](n1ncc2cc(NS(=O)(=O)c3cc(Cl)ccc3Cl)ccc21)[C@](O)(Cn1cncn1)c1ccc(F)cc1F. The van der Waals surface area contributed by atoms with Crippen LogP contribution < -0.4 is 4.72 Å². The molecule has 0 amide bonds. The van der Waals surface area contributed by atoms with Gasteiger partial charge in [-0.25, -0.2) is 26.9 Å². The summed E-state index contributed by atoms with van der Waals surface area (Å²) >= 11 is 12.0. The molecule has 0 unspecified atom stereocenters. The fraction of sp³-hybridized carbons (Fsp3) is 0.160. The van der Waals surface area contributed by atoms with Gasteiger partial charge in [0.2, 0.25) is 0 Å². The van der Waals surface area contributed by atoms with E-state index in [4.69, 9.17) is 23.2 Å². The quantitative estimate of drug-likeness (QED) is 0.257. The normalized spacial score (nSPS) is 14.3. The predicted molar refractivity (Wildman–Crippen MR) is 142 cm³/mol. The van der Waals surface area contributed by atoms with Crippen molar-refractivity contribution in [3.05, 3.63) is 101 Å². The average Bonchev–Trinajstić information content (AvgIpc) is 3.54. The van der Waals surface area contributed by atoms with E-state index in [2.05, 4.69) is 19.9 Å². The molecule has 202 valence electrons. The molecule has 0 radical (unpaired) electrons. The Morgan fingerprint density at radius 2 is 1.87 bits per heavy atom. The summed E-state index contributed by atoms with van der Waals surface area (Å²) in [5.41, 5.74) is -1.34. The van der Waals surface area contributed by atoms with Gasteiger partial charge < -0.3 is 5.11 Å². The van der Waals surface area contributed by atoms with Crippen molar-refractivity contribution in [2.24, 2.45) is 0 Å². The number of rotatable bonds is 8. The van der Waals surface area contributed by atoms with Crippen LogP contribution in [-0.2, 0) is 22.2 Å². The highest BCUT2D eigenvalue weighted by Crippen LogP contribution is 2.38. The number of halogens is 4. The van der Waals surface area contributed by atoms with E-state index >= 15 is 0 Å². The van der Waals surface area contributed by atoms with Gasteiger partial charge in [0.25, 0.3) is 10.0 Å². The molecule has 0 spiro atoms. The van der Waals surface area contributed by atoms with Crippen molar-refractivity contribution < 1.29 is 22.3 Å². The maximum atomic E-state index is 14.9. The first kappa shape index (κ1) is 27.0. The van der Waals surface area contributed by atoms with Crippen molar-refractivity contribution >= 4 is 49.8 Å². The third kappa shape index (κ3) is 5.20. The molecule has 2 heterocycles. The Morgan fingerprint density at radius 1 is 1.08 bits per heavy atom. The molecule has 0 bridgehead atoms. The molecular weight excluding hydrogens is 573 g/mol. The Bertz CT molecular complexity index is 1780. The van der Waals surface area contributed by atoms with Crippen molar-refractivity contribution in [3.63, 3.8) is 0 Å². The van der Waals surface area contributed by atoms with Crippen molar-refractivity contribution in [1.29, 1.82) is 0 Å². The largest absolute Gasteiger partial charge is 0.381 e. The topological polar surface area (TPSA) is 115 Å². The number of anilines is 1. The van der Waals surface area contributed by atoms with Crippen molar-refractivity contribution in [1.82, 2.24) is 24.5 Å². The van der Waals surface area contributed by atoms with E-state index in [0.717, 1.165) is 6.07 Å². The third-order valence-electron chi connectivity index (χ3n) is 6.36. The van der Waals surface area contributed by atoms with Crippen LogP contribution in [0.15, 0.2) is 78.3 Å². The molecule has 3 aromatic carbocycles. The van der Waals surface area contributed by atoms with Gasteiger partial charge in [-0.1, -0.05) is 29.3 Å². The second kappa shape index (κ2) is 10.2. The Morgan fingerprint density at radius 3 is 2.59 bits per heavy atom. The zero-order valence-electron chi connectivity index (χ0n) is 20.1. The summed E-state index contributed by atoms with van der Waals surface area (Å²) in [7, 11) is -4.06. The molecule has 0 saturated heterocycles. The van der Waals surface area contributed by atoms with E-state index in [-0.39, 0.29) is 32.7 Å². The van der Waals surface area contributed by atoms with E-state index in [9.17, 15) is 22.3 Å². The first-order chi connectivity index (χ1) is 18.5. The molecule has 5 aromatic rings. The van der Waals surface area contributed by atoms with Crippen molar-refractivity contribution in [2.75, 3.05) is 4.72 Å². The van der Waals surface area contributed by atoms with Crippen LogP contribution in [0.2, 0.25) is 10.0 Å². The summed E-state index contributed by atoms with van der Waals surface area (Å²) in [5, 5.41) is 21.0. The molecule has 0 aliphatic heterocycles. The van der Waals surface area contributed by atoms with Crippen LogP contribution in [-0.4, -0.2) is 38.1 Å². The van der Waals surface area contributed by atoms with Crippen LogP contribution in [0, 0.1) is 11.6 Å². The van der Waals surface area contributed by atoms with Gasteiger partial charge in [0.05, 0.1) is 29.3 Å². The Hall–Kier alpha value is -3.58. The highest BCUT2D eigenvalue weighted by molar-refractivity contribution is 7.92. The molecule has 2 aromatic heterocycles. The second-order valence-electron chi connectivity index (χ2n) is 8.86. The van der Waals surface area contributed by atoms with Gasteiger partial charge in [-0.05, 0) is 49.4 Å². The van der Waals surface area contributed by atoms with Crippen molar-refractivity contribution in [2.45, 2.75) is 30.0 Å². The van der Waals surface area contributed by atoms with Gasteiger partial charge in [0, 0.05) is 27.7 Å². The van der Waals surface area contributed by atoms with E-state index in [0.29, 0.717) is 17.0 Å². The lowest BCUT2D eigenvalue weighted by Gasteiger charge is -2.35. The van der Waals surface area contributed by atoms with Gasteiger partial charge in [-0.3, -0.25) is 9.40 Å². The summed E-state index contributed by atoms with van der Waals surface area (Å²) in [6.07, 6.45) is 4.12. The smallest absolute Gasteiger partial charge is 0.263 e. The molecule has 0 fully saturated rings. The third-order valence-corrected chi connectivity index (χ3v) is 8.45. The van der Waals surface area contributed by atoms with Crippen LogP contribution in [0.3, 0.4) is 0 Å². The molecule has 2 atom stereocenters. The minimum Gasteiger partial charge on any atom is -0.381 e. The molecule has 0 aliphatic carbocycles. The number of fused-ring (bicyclic) bond motifs is 1. The minimum absolute atomic E-state index is 0.00863. The van der Waals surface area contributed by atoms with Crippen LogP contribution in [0.5, 0.6) is 0 Å². The monoisotopic (exact) mass is 592 g/mol. The number of nitrogens with one attached hydrogen (secondary N) is 1. The zero-order chi connectivity index (χ0) is 27.9. The molecular formula is C25H20Cl2F2N6O3S. The standard InChI is InChI=1S/C25H20Cl2F2N6O3S/c1-15(25(36,12-34-14-30-13-32-34)20-5-3-18(28)10-22(20)29)35-23-7-4-19(8-16(23)11-31-35)33-39(37,38)24-9-17(26)2-6-21(24)27/h2-11,13-15,33,36H,12H2,1H3/t15-,25-/m1/s1. The number of hydrogen-bond acceptors (Lipinski definition) is 6. The number of nitrogens with zero attached hydrogens (tertiary/aromatic N) is 5. The van der Waals surface area contributed by atoms with Gasteiger partial charge in [-0.2, -0.15) is 10.2 Å². The molecule has 0 saturated carbocycles. The molecule has 39 heavy (non-hydrogen) atoms. The lowest BCUT2D eigenvalue weighted by Crippen LogP contribution is -2.41. The van der Waals surface area contributed by atoms with Crippen LogP contribution in [0.1, 0.15) is 18.5 Å². The maximum absolute atomic E-state index is 14.9. The fourth-order valence-corrected chi connectivity index (χ4v) is 6.18. The van der Waals surface area contributed by atoms with Gasteiger partial charge >= 0.3 is 0 Å². The highest BCUT2D eigenvalue weighted by Gasteiger charge is 2.41. The van der Waals surface area contributed by atoms with Crippen LogP contribution >= 0.6 is 23.2 Å². The summed E-state index contributed by atoms with van der Waals surface area (Å²) in [6, 6.07) is 10.8. The molecule has 2 N–H and O–H groups in total. The Kier molecular flexibility index (Phi) is 7.06. The van der Waals surface area contributed by atoms with Gasteiger partial charge in [0.15, 0.2) is 0 Å². The van der Waals surface area contributed by atoms with Crippen LogP contribution in [0.4, 0.5) is 14.5 Å². The minimum atomic E-state index is -4.06. The number of aliphatic hydroxyl groups is 1. The predicted octanol–water partition coefficient (Wildman–Crippen LogP) is 5.16. The average molecular weight is 593 g/mol. The number of benzene rings is 3. The molecule has 14 heteroatoms. The molecule has 9 nitrogen and oxygen atoms in total. The second-order valence-corrected chi connectivity index (χ2v) is 11.4. The lowest BCUT2D eigenvalue weighted by atomic mass is 9.86. The van der Waals surface area contributed by atoms with Crippen molar-refractivity contribution in [3.8, 4) is 0 Å². The number of aromatic nitrogens is 5. The lowest BCUT2D eigenvalue weighted by molar-refractivity contribution is -0.0354. The van der Waals surface area contributed by atoms with Crippen LogP contribution in [0.25, 0.3) is 10.9 Å². The van der Waals surface area contributed by atoms with E-state index < -0.39 is 33.3 Å². The van der Waals surface area contributed by atoms with E-state index in [1.165, 1.54) is 58.5 Å². The highest BCUT2D eigenvalue weighted by atomic mass is 35.5. The zero-order valence-corrected chi connectivity index (χ0v) is 22.5.